The maximum atomic E-state index is 13.4. The minimum absolute atomic E-state index is 0.0452. The highest BCUT2D eigenvalue weighted by molar-refractivity contribution is 6.46. The number of carbonyl (C=O) groups is 2. The van der Waals surface area contributed by atoms with E-state index in [1.54, 1.807) is 31.4 Å². The monoisotopic (exact) mass is 523 g/mol. The van der Waals surface area contributed by atoms with E-state index in [0.717, 1.165) is 24.2 Å². The zero-order valence-corrected chi connectivity index (χ0v) is 22.6. The third-order valence-electron chi connectivity index (χ3n) is 6.80. The van der Waals surface area contributed by atoms with Crippen molar-refractivity contribution in [3.63, 3.8) is 0 Å². The van der Waals surface area contributed by atoms with Crippen LogP contribution in [0.1, 0.15) is 62.8 Å². The Morgan fingerprint density at radius 2 is 1.87 bits per heavy atom. The minimum Gasteiger partial charge on any atom is -0.507 e. The van der Waals surface area contributed by atoms with Crippen molar-refractivity contribution in [1.82, 2.24) is 4.90 Å². The average molecular weight is 524 g/mol. The summed E-state index contributed by atoms with van der Waals surface area (Å²) in [5, 5.41) is 11.5. The molecule has 2 heterocycles. The Morgan fingerprint density at radius 3 is 2.61 bits per heavy atom. The Hall–Kier alpha value is -3.52. The van der Waals surface area contributed by atoms with Gasteiger partial charge < -0.3 is 29.0 Å². The largest absolute Gasteiger partial charge is 0.507 e. The van der Waals surface area contributed by atoms with Gasteiger partial charge in [-0.05, 0) is 68.1 Å². The van der Waals surface area contributed by atoms with Crippen LogP contribution in [0.2, 0.25) is 0 Å². The molecule has 0 spiro atoms. The van der Waals surface area contributed by atoms with Crippen LogP contribution < -0.4 is 14.2 Å². The number of fused-ring (bicyclic) bond motifs is 1. The lowest BCUT2D eigenvalue weighted by atomic mass is 9.94. The number of carbonyl (C=O) groups excluding carboxylic acids is 2. The molecule has 2 atom stereocenters. The third kappa shape index (κ3) is 5.65. The van der Waals surface area contributed by atoms with E-state index in [2.05, 4.69) is 6.92 Å². The van der Waals surface area contributed by atoms with Gasteiger partial charge in [0.2, 0.25) is 0 Å². The highest BCUT2D eigenvalue weighted by Crippen LogP contribution is 2.43. The van der Waals surface area contributed by atoms with Crippen LogP contribution in [0.25, 0.3) is 5.76 Å². The first-order valence-corrected chi connectivity index (χ1v) is 13.4. The molecule has 38 heavy (non-hydrogen) atoms. The highest BCUT2D eigenvalue weighted by atomic mass is 16.5. The first kappa shape index (κ1) is 27.5. The summed E-state index contributed by atoms with van der Waals surface area (Å²) in [4.78, 5) is 28.1. The van der Waals surface area contributed by atoms with E-state index in [0.29, 0.717) is 61.8 Å². The van der Waals surface area contributed by atoms with Crippen LogP contribution >= 0.6 is 0 Å². The fourth-order valence-electron chi connectivity index (χ4n) is 4.97. The molecule has 8 nitrogen and oxygen atoms in total. The lowest BCUT2D eigenvalue weighted by Gasteiger charge is -2.26. The SMILES string of the molecule is CCCCOc1ccc([C@H]2/C(=C(\O)c3ccc4c(c3)C[C@@H](C)O4)C(=O)C(=O)N2CCCOC)cc1OCC. The standard InChI is InChI=1S/C30H37NO7/c1-5-7-15-37-24-12-9-20(18-25(24)36-6-2)27-26(29(33)30(34)31(27)13-8-14-35-4)28(32)21-10-11-23-22(17-21)16-19(3)38-23/h9-12,17-19,27,32H,5-8,13-16H2,1-4H3/b28-26+/t19-,27+/m1/s1. The molecule has 1 amide bonds. The summed E-state index contributed by atoms with van der Waals surface area (Å²) in [7, 11) is 1.59. The van der Waals surface area contributed by atoms with E-state index in [4.69, 9.17) is 18.9 Å². The summed E-state index contributed by atoms with van der Waals surface area (Å²) in [6.07, 6.45) is 3.22. The minimum atomic E-state index is -0.779. The highest BCUT2D eigenvalue weighted by Gasteiger charge is 2.46. The molecule has 0 saturated carbocycles. The summed E-state index contributed by atoms with van der Waals surface area (Å²) >= 11 is 0. The molecule has 0 aromatic heterocycles. The number of ketones is 1. The number of likely N-dealkylation sites (tertiary alicyclic amines) is 1. The van der Waals surface area contributed by atoms with Gasteiger partial charge in [-0.1, -0.05) is 19.4 Å². The molecular formula is C30H37NO7. The van der Waals surface area contributed by atoms with Gasteiger partial charge in [-0.2, -0.15) is 0 Å². The first-order valence-electron chi connectivity index (χ1n) is 13.4. The Balaban J connectivity index is 1.79. The number of aliphatic hydroxyl groups excluding tert-OH is 1. The van der Waals surface area contributed by atoms with Crippen LogP contribution in [-0.2, 0) is 20.7 Å². The fourth-order valence-corrected chi connectivity index (χ4v) is 4.97. The fraction of sp³-hybridized carbons (Fsp3) is 0.467. The van der Waals surface area contributed by atoms with Gasteiger partial charge >= 0.3 is 0 Å². The molecule has 2 aromatic carbocycles. The summed E-state index contributed by atoms with van der Waals surface area (Å²) in [5.74, 6) is 0.348. The molecule has 1 N–H and O–H groups in total. The van der Waals surface area contributed by atoms with E-state index in [1.807, 2.05) is 26.0 Å². The molecule has 0 aliphatic carbocycles. The lowest BCUT2D eigenvalue weighted by molar-refractivity contribution is -0.140. The maximum Gasteiger partial charge on any atom is 0.295 e. The van der Waals surface area contributed by atoms with Crippen LogP contribution in [-0.4, -0.2) is 61.3 Å². The second kappa shape index (κ2) is 12.3. The van der Waals surface area contributed by atoms with Crippen molar-refractivity contribution in [2.45, 2.75) is 58.6 Å². The van der Waals surface area contributed by atoms with E-state index >= 15 is 0 Å². The summed E-state index contributed by atoms with van der Waals surface area (Å²) in [6, 6.07) is 10.0. The molecule has 204 valence electrons. The number of hydrogen-bond acceptors (Lipinski definition) is 7. The van der Waals surface area contributed by atoms with E-state index in [1.165, 1.54) is 4.90 Å². The molecule has 0 radical (unpaired) electrons. The number of Topliss-reactive ketones (excluding diaryl/α,β-unsaturated/α-hetero) is 1. The number of hydrogen-bond donors (Lipinski definition) is 1. The zero-order valence-electron chi connectivity index (χ0n) is 22.6. The molecular weight excluding hydrogens is 486 g/mol. The maximum absolute atomic E-state index is 13.4. The number of aliphatic hydroxyl groups is 1. The van der Waals surface area contributed by atoms with Crippen molar-refractivity contribution in [2.75, 3.05) is 33.5 Å². The number of unbranched alkanes of at least 4 members (excludes halogenated alkanes) is 1. The predicted octanol–water partition coefficient (Wildman–Crippen LogP) is 5.05. The second-order valence-corrected chi connectivity index (χ2v) is 9.64. The van der Waals surface area contributed by atoms with Gasteiger partial charge in [0.25, 0.3) is 11.7 Å². The lowest BCUT2D eigenvalue weighted by Crippen LogP contribution is -2.31. The number of nitrogens with zero attached hydrogens (tertiary/aromatic N) is 1. The number of rotatable bonds is 12. The third-order valence-corrected chi connectivity index (χ3v) is 6.80. The Kier molecular flexibility index (Phi) is 8.94. The topological polar surface area (TPSA) is 94.5 Å². The normalized spacial score (nSPS) is 19.9. The van der Waals surface area contributed by atoms with E-state index in [9.17, 15) is 14.7 Å². The van der Waals surface area contributed by atoms with E-state index < -0.39 is 17.7 Å². The van der Waals surface area contributed by atoms with Gasteiger partial charge in [-0.15, -0.1) is 0 Å². The van der Waals surface area contributed by atoms with Crippen molar-refractivity contribution in [2.24, 2.45) is 0 Å². The van der Waals surface area contributed by atoms with Crippen LogP contribution in [0.5, 0.6) is 17.2 Å². The molecule has 4 rings (SSSR count). The number of amides is 1. The zero-order chi connectivity index (χ0) is 27.2. The van der Waals surface area contributed by atoms with Crippen LogP contribution in [0.4, 0.5) is 0 Å². The molecule has 0 unspecified atom stereocenters. The molecule has 1 saturated heterocycles. The first-order chi connectivity index (χ1) is 18.4. The smallest absolute Gasteiger partial charge is 0.295 e. The summed E-state index contributed by atoms with van der Waals surface area (Å²) in [5.41, 5.74) is 2.15. The molecule has 2 aromatic rings. The van der Waals surface area contributed by atoms with Gasteiger partial charge in [-0.3, -0.25) is 9.59 Å². The van der Waals surface area contributed by atoms with Gasteiger partial charge in [0.05, 0.1) is 24.8 Å². The van der Waals surface area contributed by atoms with Crippen molar-refractivity contribution in [3.05, 3.63) is 58.7 Å². The quantitative estimate of drug-likeness (QED) is 0.180. The van der Waals surface area contributed by atoms with Gasteiger partial charge in [0.15, 0.2) is 11.5 Å². The van der Waals surface area contributed by atoms with Crippen LogP contribution in [0.3, 0.4) is 0 Å². The van der Waals surface area contributed by atoms with Crippen molar-refractivity contribution < 1.29 is 33.6 Å². The van der Waals surface area contributed by atoms with E-state index in [-0.39, 0.29) is 17.4 Å². The van der Waals surface area contributed by atoms with Crippen LogP contribution in [0, 0.1) is 0 Å². The van der Waals surface area contributed by atoms with Gasteiger partial charge in [0, 0.05) is 32.2 Å². The summed E-state index contributed by atoms with van der Waals surface area (Å²) < 4.78 is 22.8. The van der Waals surface area contributed by atoms with Gasteiger partial charge in [0.1, 0.15) is 17.6 Å². The van der Waals surface area contributed by atoms with Crippen molar-refractivity contribution >= 4 is 17.4 Å². The molecule has 0 bridgehead atoms. The average Bonchev–Trinajstić information content (AvgIpc) is 3.40. The number of methoxy groups -OCH3 is 1. The Labute approximate surface area is 224 Å². The van der Waals surface area contributed by atoms with Crippen molar-refractivity contribution in [1.29, 1.82) is 0 Å². The second-order valence-electron chi connectivity index (χ2n) is 9.64. The molecule has 8 heteroatoms. The van der Waals surface area contributed by atoms with Crippen molar-refractivity contribution in [3.8, 4) is 17.2 Å². The molecule has 1 fully saturated rings. The van der Waals surface area contributed by atoms with Crippen LogP contribution in [0.15, 0.2) is 42.0 Å². The molecule has 2 aliphatic rings. The Bertz CT molecular complexity index is 1210. The van der Waals surface area contributed by atoms with Gasteiger partial charge in [-0.25, -0.2) is 0 Å². The number of benzene rings is 2. The molecule has 2 aliphatic heterocycles. The Morgan fingerprint density at radius 1 is 1.05 bits per heavy atom. The number of ether oxygens (including phenoxy) is 4. The predicted molar refractivity (Wildman–Crippen MR) is 144 cm³/mol. The summed E-state index contributed by atoms with van der Waals surface area (Å²) in [6.45, 7) is 7.69.